The number of hydrazone groups is 1. The van der Waals surface area contributed by atoms with Crippen LogP contribution < -0.4 is 4.74 Å². The van der Waals surface area contributed by atoms with Crippen molar-refractivity contribution >= 4 is 28.9 Å². The molecule has 0 aliphatic carbocycles. The number of furan rings is 1. The van der Waals surface area contributed by atoms with Gasteiger partial charge < -0.3 is 14.3 Å². The summed E-state index contributed by atoms with van der Waals surface area (Å²) in [6, 6.07) is 5.88. The topological polar surface area (TPSA) is 118 Å². The van der Waals surface area contributed by atoms with Crippen LogP contribution in [-0.2, 0) is 6.61 Å². The highest BCUT2D eigenvalue weighted by Crippen LogP contribution is 2.41. The molecule has 0 spiro atoms. The molecule has 0 fully saturated rings. The van der Waals surface area contributed by atoms with Crippen LogP contribution in [0.2, 0.25) is 5.02 Å². The number of halogens is 4. The molecule has 9 nitrogen and oxygen atoms in total. The molecule has 1 unspecified atom stereocenters. The second-order valence-electron chi connectivity index (χ2n) is 6.37. The summed E-state index contributed by atoms with van der Waals surface area (Å²) in [6.45, 7) is 0.925. The Hall–Kier alpha value is -3.12. The third-order valence-corrected chi connectivity index (χ3v) is 4.45. The first kappa shape index (κ1) is 21.6. The Labute approximate surface area is 171 Å². The van der Waals surface area contributed by atoms with Gasteiger partial charge in [0.05, 0.1) is 16.0 Å². The molecule has 1 aromatic carbocycles. The number of nitro benzene ring substituents is 1. The van der Waals surface area contributed by atoms with Crippen molar-refractivity contribution in [3.8, 4) is 5.75 Å². The number of non-ortho nitro benzene ring substituents is 1. The molecule has 2 aromatic rings. The van der Waals surface area contributed by atoms with E-state index in [4.69, 9.17) is 20.8 Å². The molecule has 3 rings (SSSR count). The molecule has 0 saturated carbocycles. The average Bonchev–Trinajstić information content (AvgIpc) is 3.24. The summed E-state index contributed by atoms with van der Waals surface area (Å²) >= 11 is 5.91. The van der Waals surface area contributed by atoms with Crippen LogP contribution in [0.1, 0.15) is 29.7 Å². The first-order chi connectivity index (χ1) is 13.9. The van der Waals surface area contributed by atoms with Crippen LogP contribution in [0.25, 0.3) is 0 Å². The van der Waals surface area contributed by atoms with Gasteiger partial charge in [0.2, 0.25) is 0 Å². The first-order valence-electron chi connectivity index (χ1n) is 8.25. The van der Waals surface area contributed by atoms with Crippen molar-refractivity contribution in [1.29, 1.82) is 0 Å². The predicted octanol–water partition coefficient (Wildman–Crippen LogP) is 3.89. The SMILES string of the molecule is CC1=NN(C(=O)c2ccc(COc3cc([N+](=O)[O-])ccc3Cl)o2)C(O)(C(F)(F)F)C1. The Kier molecular flexibility index (Phi) is 5.48. The highest BCUT2D eigenvalue weighted by molar-refractivity contribution is 6.32. The number of alkyl halides is 3. The first-order valence-corrected chi connectivity index (χ1v) is 8.63. The molecular formula is C17H13ClF3N3O6. The number of carbonyl (C=O) groups is 1. The molecule has 1 aliphatic heterocycles. The van der Waals surface area contributed by atoms with Crippen molar-refractivity contribution in [2.24, 2.45) is 5.10 Å². The summed E-state index contributed by atoms with van der Waals surface area (Å²) in [7, 11) is 0. The number of benzene rings is 1. The van der Waals surface area contributed by atoms with Crippen molar-refractivity contribution in [2.75, 3.05) is 0 Å². The fourth-order valence-corrected chi connectivity index (χ4v) is 2.87. The largest absolute Gasteiger partial charge is 0.484 e. The fraction of sp³-hybridized carbons (Fsp3) is 0.294. The second kappa shape index (κ2) is 7.61. The summed E-state index contributed by atoms with van der Waals surface area (Å²) in [5.74, 6) is -1.82. The van der Waals surface area contributed by atoms with Gasteiger partial charge in [-0.1, -0.05) is 11.6 Å². The van der Waals surface area contributed by atoms with E-state index >= 15 is 0 Å². The quantitative estimate of drug-likeness (QED) is 0.548. The molecule has 13 heteroatoms. The molecule has 1 N–H and O–H groups in total. The minimum atomic E-state index is -5.14. The van der Waals surface area contributed by atoms with Gasteiger partial charge in [0.1, 0.15) is 18.1 Å². The maximum absolute atomic E-state index is 13.3. The minimum absolute atomic E-state index is 0.0244. The van der Waals surface area contributed by atoms with Gasteiger partial charge >= 0.3 is 12.1 Å². The highest BCUT2D eigenvalue weighted by atomic mass is 35.5. The van der Waals surface area contributed by atoms with E-state index in [9.17, 15) is 33.2 Å². The van der Waals surface area contributed by atoms with Crippen LogP contribution in [0.4, 0.5) is 18.9 Å². The third kappa shape index (κ3) is 3.96. The average molecular weight is 448 g/mol. The summed E-state index contributed by atoms with van der Waals surface area (Å²) in [5, 5.41) is 24.3. The van der Waals surface area contributed by atoms with E-state index in [1.54, 1.807) is 0 Å². The van der Waals surface area contributed by atoms with E-state index in [1.807, 2.05) is 0 Å². The van der Waals surface area contributed by atoms with Gasteiger partial charge in [-0.25, -0.2) is 0 Å². The zero-order valence-electron chi connectivity index (χ0n) is 15.1. The van der Waals surface area contributed by atoms with E-state index < -0.39 is 34.9 Å². The molecule has 1 atom stereocenters. The Morgan fingerprint density at radius 3 is 2.77 bits per heavy atom. The number of amides is 1. The fourth-order valence-electron chi connectivity index (χ4n) is 2.69. The predicted molar refractivity (Wildman–Crippen MR) is 96.0 cm³/mol. The minimum Gasteiger partial charge on any atom is -0.484 e. The number of nitro groups is 1. The van der Waals surface area contributed by atoms with Crippen LogP contribution in [0, 0.1) is 10.1 Å². The van der Waals surface area contributed by atoms with Crippen LogP contribution in [-0.4, -0.2) is 38.6 Å². The molecule has 2 heterocycles. The van der Waals surface area contributed by atoms with E-state index in [2.05, 4.69) is 5.10 Å². The van der Waals surface area contributed by atoms with Crippen LogP contribution in [0.15, 0.2) is 39.9 Å². The summed E-state index contributed by atoms with van der Waals surface area (Å²) in [4.78, 5) is 22.6. The summed E-state index contributed by atoms with van der Waals surface area (Å²) in [6.07, 6.45) is -6.02. The van der Waals surface area contributed by atoms with Gasteiger partial charge in [-0.3, -0.25) is 14.9 Å². The van der Waals surface area contributed by atoms with Crippen molar-refractivity contribution in [1.82, 2.24) is 5.01 Å². The number of nitrogens with zero attached hydrogens (tertiary/aromatic N) is 3. The molecule has 0 saturated heterocycles. The van der Waals surface area contributed by atoms with Crippen LogP contribution >= 0.6 is 11.6 Å². The molecule has 30 heavy (non-hydrogen) atoms. The molecule has 1 aliphatic rings. The maximum Gasteiger partial charge on any atom is 0.438 e. The zero-order valence-corrected chi connectivity index (χ0v) is 15.9. The molecule has 160 valence electrons. The molecular weight excluding hydrogens is 435 g/mol. The normalized spacial score (nSPS) is 19.0. The smallest absolute Gasteiger partial charge is 0.438 e. The lowest BCUT2D eigenvalue weighted by Gasteiger charge is -2.32. The Bertz CT molecular complexity index is 1040. The number of rotatable bonds is 5. The lowest BCUT2D eigenvalue weighted by molar-refractivity contribution is -0.384. The van der Waals surface area contributed by atoms with Crippen molar-refractivity contribution in [3.05, 3.63) is 57.0 Å². The molecule has 0 radical (unpaired) electrons. The van der Waals surface area contributed by atoms with Gasteiger partial charge in [0.15, 0.2) is 5.76 Å². The van der Waals surface area contributed by atoms with Crippen molar-refractivity contribution in [3.63, 3.8) is 0 Å². The van der Waals surface area contributed by atoms with Gasteiger partial charge in [-0.2, -0.15) is 23.3 Å². The van der Waals surface area contributed by atoms with E-state index in [0.29, 0.717) is 0 Å². The van der Waals surface area contributed by atoms with Crippen molar-refractivity contribution in [2.45, 2.75) is 31.9 Å². The molecule has 1 amide bonds. The lowest BCUT2D eigenvalue weighted by Crippen LogP contribution is -2.56. The number of hydrogen-bond acceptors (Lipinski definition) is 7. The van der Waals surface area contributed by atoms with Crippen molar-refractivity contribution < 1.29 is 37.1 Å². The number of aliphatic hydroxyl groups is 1. The molecule has 0 bridgehead atoms. The Balaban J connectivity index is 1.76. The number of hydrogen-bond donors (Lipinski definition) is 1. The van der Waals surface area contributed by atoms with Gasteiger partial charge in [-0.15, -0.1) is 0 Å². The maximum atomic E-state index is 13.3. The van der Waals surface area contributed by atoms with Gasteiger partial charge in [0.25, 0.3) is 11.4 Å². The van der Waals surface area contributed by atoms with E-state index in [-0.39, 0.29) is 39.5 Å². The lowest BCUT2D eigenvalue weighted by atomic mass is 10.1. The Morgan fingerprint density at radius 1 is 1.43 bits per heavy atom. The zero-order chi connectivity index (χ0) is 22.3. The second-order valence-corrected chi connectivity index (χ2v) is 6.78. The third-order valence-electron chi connectivity index (χ3n) is 4.14. The standard InChI is InChI=1S/C17H13ClF3N3O6/c1-9-7-16(26,17(19,20)21)23(22-9)15(25)13-5-3-11(30-13)8-29-14-6-10(24(27)28)2-4-12(14)18/h2-6,26H,7-8H2,1H3. The number of ether oxygens (including phenoxy) is 1. The van der Waals surface area contributed by atoms with Crippen LogP contribution in [0.5, 0.6) is 5.75 Å². The van der Waals surface area contributed by atoms with E-state index in [1.165, 1.54) is 25.1 Å². The molecule has 1 aromatic heterocycles. The van der Waals surface area contributed by atoms with Crippen LogP contribution in [0.3, 0.4) is 0 Å². The summed E-state index contributed by atoms with van der Waals surface area (Å²) < 4.78 is 50.3. The highest BCUT2D eigenvalue weighted by Gasteiger charge is 2.63. The Morgan fingerprint density at radius 2 is 2.13 bits per heavy atom. The monoisotopic (exact) mass is 447 g/mol. The number of carbonyl (C=O) groups excluding carboxylic acids is 1. The van der Waals surface area contributed by atoms with Gasteiger partial charge in [-0.05, 0) is 25.1 Å². The van der Waals surface area contributed by atoms with E-state index in [0.717, 1.165) is 12.1 Å². The van der Waals surface area contributed by atoms with Gasteiger partial charge in [0, 0.05) is 18.2 Å². The summed E-state index contributed by atoms with van der Waals surface area (Å²) in [5.41, 5.74) is -3.83.